The van der Waals surface area contributed by atoms with Gasteiger partial charge in [0.05, 0.1) is 0 Å². The topological polar surface area (TPSA) is 0 Å². The van der Waals surface area contributed by atoms with Gasteiger partial charge in [0.25, 0.3) is 0 Å². The van der Waals surface area contributed by atoms with Crippen LogP contribution in [-0.2, 0) is 17.1 Å². The molecule has 0 amide bonds. The minimum atomic E-state index is 0. The third-order valence-electron chi connectivity index (χ3n) is 0.607. The Morgan fingerprint density at radius 1 is 0.875 bits per heavy atom. The molecule has 0 unspecified atom stereocenters. The van der Waals surface area contributed by atoms with Crippen molar-refractivity contribution < 1.29 is 17.1 Å². The molecule has 1 rings (SSSR count). The fourth-order valence-corrected chi connectivity index (χ4v) is 0.342. The van der Waals surface area contributed by atoms with Crippen molar-refractivity contribution >= 4 is 18.9 Å². The predicted molar refractivity (Wildman–Crippen MR) is 32.4 cm³/mol. The van der Waals surface area contributed by atoms with Gasteiger partial charge in [0.15, 0.2) is 0 Å². The molecule has 0 nitrogen and oxygen atoms in total. The molecule has 0 fully saturated rings. The largest absolute Gasteiger partial charge is 0.0622 e. The molecule has 0 N–H and O–H groups in total. The van der Waals surface area contributed by atoms with E-state index in [2.05, 4.69) is 6.07 Å². The van der Waals surface area contributed by atoms with Crippen molar-refractivity contribution in [3.8, 4) is 0 Å². The van der Waals surface area contributed by atoms with Gasteiger partial charge >= 0.3 is 18.9 Å². The molecule has 0 spiro atoms. The van der Waals surface area contributed by atoms with E-state index < -0.39 is 0 Å². The van der Waals surface area contributed by atoms with Gasteiger partial charge in [0, 0.05) is 17.1 Å². The molecule has 0 atom stereocenters. The zero-order chi connectivity index (χ0) is 4.24. The second-order valence-electron chi connectivity index (χ2n) is 1.08. The molecule has 0 saturated carbocycles. The van der Waals surface area contributed by atoms with Crippen molar-refractivity contribution in [3.05, 3.63) is 36.4 Å². The summed E-state index contributed by atoms with van der Waals surface area (Å²) in [4.78, 5) is 0. The van der Waals surface area contributed by atoms with Gasteiger partial charge in [-0.1, -0.05) is 30.3 Å². The molecular weight excluding hydrogens is 143 g/mol. The van der Waals surface area contributed by atoms with Crippen LogP contribution in [0.5, 0.6) is 0 Å². The van der Waals surface area contributed by atoms with E-state index in [0.717, 1.165) is 0 Å². The Kier molecular flexibility index (Phi) is 10.2. The first kappa shape index (κ1) is 11.2. The number of benzene rings is 1. The maximum absolute atomic E-state index is 2.89. The van der Waals surface area contributed by atoms with Crippen molar-refractivity contribution in [3.63, 3.8) is 0 Å². The first-order valence-corrected chi connectivity index (χ1v) is 1.91. The van der Waals surface area contributed by atoms with E-state index in [1.165, 1.54) is 0 Å². The van der Waals surface area contributed by atoms with Gasteiger partial charge in [-0.05, 0) is 6.07 Å². The molecule has 0 aliphatic rings. The molecule has 0 saturated heterocycles. The van der Waals surface area contributed by atoms with E-state index in [9.17, 15) is 0 Å². The third kappa shape index (κ3) is 4.49. The first-order valence-electron chi connectivity index (χ1n) is 1.91. The smallest absolute Gasteiger partial charge is 0.0184 e. The van der Waals surface area contributed by atoms with Gasteiger partial charge in [0.2, 0.25) is 0 Å². The minimum Gasteiger partial charge on any atom is -0.0622 e. The van der Waals surface area contributed by atoms with E-state index in [0.29, 0.717) is 0 Å². The second kappa shape index (κ2) is 7.34. The van der Waals surface area contributed by atoms with Gasteiger partial charge in [-0.15, -0.1) is 0 Å². The monoisotopic (exact) mass is 148 g/mol. The first-order chi connectivity index (χ1) is 3.00. The number of hydrogen-bond donors (Lipinski definition) is 0. The Morgan fingerprint density at radius 2 is 1.38 bits per heavy atom. The Labute approximate surface area is 72.3 Å². The molecule has 1 aromatic rings. The summed E-state index contributed by atoms with van der Waals surface area (Å²) in [5.74, 6) is 0. The summed E-state index contributed by atoms with van der Waals surface area (Å²) in [5, 5.41) is 0. The van der Waals surface area contributed by atoms with Crippen LogP contribution in [0.15, 0.2) is 30.3 Å². The molecule has 0 heterocycles. The van der Waals surface area contributed by atoms with Crippen LogP contribution in [0.2, 0.25) is 0 Å². The molecule has 2 radical (unpaired) electrons. The van der Waals surface area contributed by atoms with Crippen LogP contribution in [0.25, 0.3) is 0 Å². The average molecular weight is 149 g/mol. The molecule has 0 aliphatic heterocycles. The van der Waals surface area contributed by atoms with Crippen LogP contribution in [0.4, 0.5) is 0 Å². The number of hydrogen-bond acceptors (Lipinski definition) is 0. The zero-order valence-corrected chi connectivity index (χ0v) is 4.63. The normalized spacial score (nSPS) is 6.00. The van der Waals surface area contributed by atoms with Crippen molar-refractivity contribution in [1.29, 1.82) is 0 Å². The average Bonchev–Trinajstić information content (AvgIpc) is 1.72. The molecule has 0 aromatic heterocycles. The van der Waals surface area contributed by atoms with Gasteiger partial charge < -0.3 is 0 Å². The quantitative estimate of drug-likeness (QED) is 0.479. The van der Waals surface area contributed by atoms with E-state index in [-0.39, 0.29) is 35.9 Å². The summed E-state index contributed by atoms with van der Waals surface area (Å²) in [6.45, 7) is 0. The van der Waals surface area contributed by atoms with Crippen molar-refractivity contribution in [2.75, 3.05) is 0 Å². The van der Waals surface area contributed by atoms with Gasteiger partial charge in [-0.2, -0.15) is 0 Å². The predicted octanol–water partition coefficient (Wildman–Crippen LogP) is 0.836. The van der Waals surface area contributed by atoms with E-state index in [1.54, 1.807) is 0 Å². The number of rotatable bonds is 0. The summed E-state index contributed by atoms with van der Waals surface area (Å²) in [6, 6.07) is 12.5. The van der Waals surface area contributed by atoms with Crippen molar-refractivity contribution in [2.45, 2.75) is 0 Å². The second-order valence-corrected chi connectivity index (χ2v) is 1.08. The van der Waals surface area contributed by atoms with Crippen molar-refractivity contribution in [1.82, 2.24) is 0 Å². The molecule has 8 heavy (non-hydrogen) atoms. The van der Waals surface area contributed by atoms with Crippen LogP contribution in [0, 0.1) is 6.07 Å². The fourth-order valence-electron chi connectivity index (χ4n) is 0.342. The zero-order valence-electron chi connectivity index (χ0n) is 3.69. The van der Waals surface area contributed by atoms with Crippen LogP contribution in [0.3, 0.4) is 0 Å². The van der Waals surface area contributed by atoms with E-state index >= 15 is 0 Å². The van der Waals surface area contributed by atoms with Crippen LogP contribution < -0.4 is 0 Å². The Hall–Kier alpha value is 0.337. The molecule has 1 aromatic carbocycles. The summed E-state index contributed by atoms with van der Waals surface area (Å²) in [5.41, 5.74) is 0. The SMILES string of the molecule is [Cu].[LiH].[c]1ccccc1. The summed E-state index contributed by atoms with van der Waals surface area (Å²) < 4.78 is 0. The third-order valence-corrected chi connectivity index (χ3v) is 0.607. The molecule has 0 aliphatic carbocycles. The minimum absolute atomic E-state index is 0. The summed E-state index contributed by atoms with van der Waals surface area (Å²) in [7, 11) is 0. The standard InChI is InChI=1S/C6H5.Cu.Li.H/c1-2-4-6-5-3-1;;;/h1-5H;;;. The van der Waals surface area contributed by atoms with Gasteiger partial charge in [-0.3, -0.25) is 0 Å². The fraction of sp³-hybridized carbons (Fsp3) is 0. The van der Waals surface area contributed by atoms with Crippen LogP contribution >= 0.6 is 0 Å². The maximum Gasteiger partial charge on any atom is -0.0184 e. The van der Waals surface area contributed by atoms with Gasteiger partial charge in [-0.25, -0.2) is 0 Å². The Bertz CT molecular complexity index is 80.5. The molecular formula is C6H6CuLi. The van der Waals surface area contributed by atoms with Crippen LogP contribution in [0.1, 0.15) is 0 Å². The summed E-state index contributed by atoms with van der Waals surface area (Å²) in [6.07, 6.45) is 0. The maximum atomic E-state index is 2.89. The van der Waals surface area contributed by atoms with E-state index in [1.807, 2.05) is 30.3 Å². The molecule has 2 heteroatoms. The van der Waals surface area contributed by atoms with Crippen molar-refractivity contribution in [2.24, 2.45) is 0 Å². The summed E-state index contributed by atoms with van der Waals surface area (Å²) >= 11 is 0. The van der Waals surface area contributed by atoms with Crippen LogP contribution in [-0.4, -0.2) is 18.9 Å². The molecule has 42 valence electrons. The Morgan fingerprint density at radius 3 is 1.50 bits per heavy atom. The van der Waals surface area contributed by atoms with Gasteiger partial charge in [0.1, 0.15) is 0 Å². The Balaban J connectivity index is 0. The molecule has 0 bridgehead atoms. The van der Waals surface area contributed by atoms with E-state index in [4.69, 9.17) is 0 Å².